The average molecular weight is 388 g/mol. The van der Waals surface area contributed by atoms with Gasteiger partial charge in [-0.2, -0.15) is 0 Å². The minimum Gasteiger partial charge on any atom is -0.478 e. The van der Waals surface area contributed by atoms with E-state index in [1.54, 1.807) is 30.3 Å². The van der Waals surface area contributed by atoms with Gasteiger partial charge in [-0.15, -0.1) is 0 Å². The van der Waals surface area contributed by atoms with E-state index in [1.807, 2.05) is 6.92 Å². The Morgan fingerprint density at radius 1 is 1.00 bits per heavy atom. The van der Waals surface area contributed by atoms with Crippen molar-refractivity contribution in [3.63, 3.8) is 0 Å². The van der Waals surface area contributed by atoms with Crippen LogP contribution in [0.1, 0.15) is 41.6 Å². The lowest BCUT2D eigenvalue weighted by Crippen LogP contribution is -2.26. The summed E-state index contributed by atoms with van der Waals surface area (Å²) in [6.07, 6.45) is 4.36. The number of nitrogens with zero attached hydrogens (tertiary/aromatic N) is 1. The van der Waals surface area contributed by atoms with Crippen molar-refractivity contribution in [2.24, 2.45) is 0 Å². The minimum absolute atomic E-state index is 0.0511. The zero-order valence-electron chi connectivity index (χ0n) is 15.3. The number of nitrogens with one attached hydrogen (secondary N) is 1. The number of rotatable bonds is 5. The maximum absolute atomic E-state index is 12.8. The lowest BCUT2D eigenvalue weighted by atomic mass is 10.1. The van der Waals surface area contributed by atoms with Crippen LogP contribution in [0, 0.1) is 6.92 Å². The molecule has 1 heterocycles. The topological polar surface area (TPSA) is 86.7 Å². The number of anilines is 2. The van der Waals surface area contributed by atoms with Crippen LogP contribution >= 0.6 is 0 Å². The number of carboxylic acids is 1. The van der Waals surface area contributed by atoms with E-state index < -0.39 is 16.0 Å². The van der Waals surface area contributed by atoms with Gasteiger partial charge in [0.25, 0.3) is 10.0 Å². The van der Waals surface area contributed by atoms with Crippen LogP contribution in [-0.4, -0.2) is 32.6 Å². The fourth-order valence-electron chi connectivity index (χ4n) is 3.26. The quantitative estimate of drug-likeness (QED) is 0.812. The third-order valence-corrected chi connectivity index (χ3v) is 6.15. The number of aryl methyl sites for hydroxylation is 1. The normalized spacial score (nSPS) is 15.2. The summed E-state index contributed by atoms with van der Waals surface area (Å²) in [5.41, 5.74) is 2.04. The van der Waals surface area contributed by atoms with Crippen LogP contribution in [0.3, 0.4) is 0 Å². The van der Waals surface area contributed by atoms with Gasteiger partial charge in [0, 0.05) is 13.1 Å². The predicted molar refractivity (Wildman–Crippen MR) is 106 cm³/mol. The van der Waals surface area contributed by atoms with Crippen molar-refractivity contribution in [1.82, 2.24) is 0 Å². The van der Waals surface area contributed by atoms with Crippen molar-refractivity contribution >= 4 is 27.4 Å². The summed E-state index contributed by atoms with van der Waals surface area (Å²) in [5, 5.41) is 9.31. The first-order valence-corrected chi connectivity index (χ1v) is 10.6. The second-order valence-electron chi connectivity index (χ2n) is 6.86. The zero-order chi connectivity index (χ0) is 19.4. The molecule has 1 aliphatic rings. The van der Waals surface area contributed by atoms with Crippen molar-refractivity contribution in [2.75, 3.05) is 22.7 Å². The van der Waals surface area contributed by atoms with E-state index in [0.29, 0.717) is 5.69 Å². The van der Waals surface area contributed by atoms with Gasteiger partial charge in [-0.25, -0.2) is 13.2 Å². The molecule has 1 fully saturated rings. The summed E-state index contributed by atoms with van der Waals surface area (Å²) in [4.78, 5) is 13.7. The molecule has 144 valence electrons. The molecule has 2 aromatic carbocycles. The van der Waals surface area contributed by atoms with Crippen LogP contribution in [-0.2, 0) is 10.0 Å². The number of aromatic carboxylic acids is 1. The van der Waals surface area contributed by atoms with Gasteiger partial charge in [-0.1, -0.05) is 30.5 Å². The third-order valence-electron chi connectivity index (χ3n) is 4.77. The molecule has 1 saturated heterocycles. The Kier molecular flexibility index (Phi) is 5.70. The molecule has 6 nitrogen and oxygen atoms in total. The summed E-state index contributed by atoms with van der Waals surface area (Å²) in [7, 11) is -3.81. The fourth-order valence-corrected chi connectivity index (χ4v) is 4.32. The van der Waals surface area contributed by atoms with Gasteiger partial charge >= 0.3 is 5.97 Å². The van der Waals surface area contributed by atoms with E-state index >= 15 is 0 Å². The van der Waals surface area contributed by atoms with Gasteiger partial charge in [0.1, 0.15) is 0 Å². The molecule has 1 aliphatic heterocycles. The van der Waals surface area contributed by atoms with Crippen molar-refractivity contribution in [3.8, 4) is 0 Å². The second kappa shape index (κ2) is 8.00. The lowest BCUT2D eigenvalue weighted by molar-refractivity contribution is 0.0697. The van der Waals surface area contributed by atoms with E-state index in [1.165, 1.54) is 12.1 Å². The first-order valence-electron chi connectivity index (χ1n) is 9.08. The first-order chi connectivity index (χ1) is 12.9. The van der Waals surface area contributed by atoms with Crippen LogP contribution in [0.25, 0.3) is 0 Å². The van der Waals surface area contributed by atoms with Gasteiger partial charge in [-0.3, -0.25) is 4.72 Å². The highest BCUT2D eigenvalue weighted by Crippen LogP contribution is 2.31. The van der Waals surface area contributed by atoms with E-state index in [-0.39, 0.29) is 10.5 Å². The van der Waals surface area contributed by atoms with Gasteiger partial charge in [0.2, 0.25) is 0 Å². The summed E-state index contributed by atoms with van der Waals surface area (Å²) in [5.74, 6) is -1.09. The van der Waals surface area contributed by atoms with Crippen molar-refractivity contribution < 1.29 is 18.3 Å². The molecule has 0 spiro atoms. The summed E-state index contributed by atoms with van der Waals surface area (Å²) >= 11 is 0. The first kappa shape index (κ1) is 19.2. The molecular formula is C20H24N2O4S. The second-order valence-corrected chi connectivity index (χ2v) is 8.54. The van der Waals surface area contributed by atoms with Crippen LogP contribution in [0.15, 0.2) is 47.4 Å². The molecule has 2 N–H and O–H groups in total. The number of hydrogen-bond acceptors (Lipinski definition) is 4. The number of sulfonamides is 1. The predicted octanol–water partition coefficient (Wildman–Crippen LogP) is 3.87. The highest BCUT2D eigenvalue weighted by Gasteiger charge is 2.21. The highest BCUT2D eigenvalue weighted by atomic mass is 32.2. The Morgan fingerprint density at radius 3 is 2.22 bits per heavy atom. The van der Waals surface area contributed by atoms with Crippen LogP contribution in [0.5, 0.6) is 0 Å². The Morgan fingerprint density at radius 2 is 1.63 bits per heavy atom. The fraction of sp³-hybridized carbons (Fsp3) is 0.350. The summed E-state index contributed by atoms with van der Waals surface area (Å²) in [6, 6.07) is 11.2. The van der Waals surface area contributed by atoms with E-state index in [4.69, 9.17) is 0 Å². The number of carboxylic acid groups (broad SMARTS) is 1. The smallest absolute Gasteiger partial charge is 0.335 e. The van der Waals surface area contributed by atoms with E-state index in [2.05, 4.69) is 9.62 Å². The molecular weight excluding hydrogens is 364 g/mol. The Hall–Kier alpha value is -2.54. The molecule has 0 aliphatic carbocycles. The van der Waals surface area contributed by atoms with Gasteiger partial charge in [0.05, 0.1) is 21.8 Å². The summed E-state index contributed by atoms with van der Waals surface area (Å²) < 4.78 is 28.2. The van der Waals surface area contributed by atoms with Gasteiger partial charge in [0.15, 0.2) is 0 Å². The van der Waals surface area contributed by atoms with Gasteiger partial charge < -0.3 is 10.0 Å². The maximum atomic E-state index is 12.8. The Balaban J connectivity index is 1.99. The van der Waals surface area contributed by atoms with Crippen LogP contribution in [0.2, 0.25) is 0 Å². The molecule has 0 radical (unpaired) electrons. The van der Waals surface area contributed by atoms with E-state index in [9.17, 15) is 18.3 Å². The molecule has 3 rings (SSSR count). The molecule has 7 heteroatoms. The standard InChI is InChI=1S/C20H24N2O4S/c1-15-6-9-17(10-7-15)27(25,26)21-18-14-16(20(23)24)8-11-19(18)22-12-4-2-3-5-13-22/h6-11,14,21H,2-5,12-13H2,1H3,(H,23,24). The molecule has 0 aromatic heterocycles. The summed E-state index contributed by atoms with van der Waals surface area (Å²) in [6.45, 7) is 3.54. The zero-order valence-corrected chi connectivity index (χ0v) is 16.1. The largest absolute Gasteiger partial charge is 0.478 e. The number of benzene rings is 2. The molecule has 0 unspecified atom stereocenters. The number of hydrogen-bond donors (Lipinski definition) is 2. The molecule has 27 heavy (non-hydrogen) atoms. The average Bonchev–Trinajstić information content (AvgIpc) is 2.91. The lowest BCUT2D eigenvalue weighted by Gasteiger charge is -2.26. The minimum atomic E-state index is -3.81. The molecule has 0 amide bonds. The van der Waals surface area contributed by atoms with Crippen LogP contribution < -0.4 is 9.62 Å². The molecule has 0 saturated carbocycles. The monoisotopic (exact) mass is 388 g/mol. The molecule has 0 atom stereocenters. The Bertz CT molecular complexity index is 915. The SMILES string of the molecule is Cc1ccc(S(=O)(=O)Nc2cc(C(=O)O)ccc2N2CCCCCC2)cc1. The number of carbonyl (C=O) groups is 1. The van der Waals surface area contributed by atoms with Gasteiger partial charge in [-0.05, 0) is 50.1 Å². The highest BCUT2D eigenvalue weighted by molar-refractivity contribution is 7.92. The maximum Gasteiger partial charge on any atom is 0.335 e. The third kappa shape index (κ3) is 4.60. The van der Waals surface area contributed by atoms with E-state index in [0.717, 1.165) is 50.0 Å². The van der Waals surface area contributed by atoms with Crippen LogP contribution in [0.4, 0.5) is 11.4 Å². The Labute approximate surface area is 159 Å². The molecule has 0 bridgehead atoms. The van der Waals surface area contributed by atoms with Crippen molar-refractivity contribution in [1.29, 1.82) is 0 Å². The van der Waals surface area contributed by atoms with Crippen molar-refractivity contribution in [2.45, 2.75) is 37.5 Å². The molecule has 2 aromatic rings. The van der Waals surface area contributed by atoms with Crippen molar-refractivity contribution in [3.05, 3.63) is 53.6 Å².